The van der Waals surface area contributed by atoms with Gasteiger partial charge in [-0.1, -0.05) is 30.3 Å². The van der Waals surface area contributed by atoms with E-state index < -0.39 is 0 Å². The second kappa shape index (κ2) is 9.41. The summed E-state index contributed by atoms with van der Waals surface area (Å²) in [5.41, 5.74) is 6.72. The lowest BCUT2D eigenvalue weighted by Gasteiger charge is -2.25. The number of carbonyl (C=O) groups excluding carboxylic acids is 2. The molecule has 1 aromatic heterocycles. The van der Waals surface area contributed by atoms with Crippen LogP contribution in [-0.2, 0) is 16.0 Å². The molecule has 2 amide bonds. The van der Waals surface area contributed by atoms with E-state index in [-0.39, 0.29) is 11.8 Å². The van der Waals surface area contributed by atoms with Gasteiger partial charge in [0.25, 0.3) is 11.8 Å². The Labute approximate surface area is 195 Å². The normalized spacial score (nSPS) is 13.8. The summed E-state index contributed by atoms with van der Waals surface area (Å²) in [6.07, 6.45) is 4.30. The first-order valence-corrected chi connectivity index (χ1v) is 11.3. The van der Waals surface area contributed by atoms with Crippen molar-refractivity contribution in [3.8, 4) is 0 Å². The van der Waals surface area contributed by atoms with Gasteiger partial charge in [-0.3, -0.25) is 14.6 Å². The Hall–Kier alpha value is -3.73. The average molecular weight is 440 g/mol. The lowest BCUT2D eigenvalue weighted by atomic mass is 9.99. The minimum absolute atomic E-state index is 0.268. The molecule has 1 aliphatic rings. The van der Waals surface area contributed by atoms with Gasteiger partial charge in [-0.25, -0.2) is 4.90 Å². The number of aromatic nitrogens is 1. The van der Waals surface area contributed by atoms with Crippen molar-refractivity contribution in [3.63, 3.8) is 0 Å². The molecule has 168 valence electrons. The molecule has 5 nitrogen and oxygen atoms in total. The molecule has 0 radical (unpaired) electrons. The molecule has 0 bridgehead atoms. The number of anilines is 1. The van der Waals surface area contributed by atoms with Crippen LogP contribution in [0.2, 0.25) is 0 Å². The number of imide groups is 1. The van der Waals surface area contributed by atoms with Crippen molar-refractivity contribution in [3.05, 3.63) is 101 Å². The molecule has 5 heteroatoms. The van der Waals surface area contributed by atoms with E-state index in [1.165, 1.54) is 4.90 Å². The molecule has 4 rings (SSSR count). The van der Waals surface area contributed by atoms with E-state index >= 15 is 0 Å². The largest absolute Gasteiger partial charge is 0.366 e. The van der Waals surface area contributed by atoms with Crippen LogP contribution in [0.3, 0.4) is 0 Å². The predicted molar refractivity (Wildman–Crippen MR) is 132 cm³/mol. The van der Waals surface area contributed by atoms with Gasteiger partial charge in [-0.2, -0.15) is 0 Å². The summed E-state index contributed by atoms with van der Waals surface area (Å²) in [4.78, 5) is 34.9. The number of hydrogen-bond acceptors (Lipinski definition) is 4. The van der Waals surface area contributed by atoms with E-state index in [2.05, 4.69) is 4.98 Å². The minimum Gasteiger partial charge on any atom is -0.366 e. The van der Waals surface area contributed by atoms with E-state index in [1.54, 1.807) is 12.4 Å². The fourth-order valence-electron chi connectivity index (χ4n) is 4.21. The quantitative estimate of drug-likeness (QED) is 0.494. The van der Waals surface area contributed by atoms with Crippen LogP contribution < -0.4 is 4.90 Å². The lowest BCUT2D eigenvalue weighted by molar-refractivity contribution is -0.120. The number of rotatable bonds is 7. The standard InChI is InChI=1S/C28H29N3O2/c1-5-30(16-13-22-11-14-29-15-12-22)26-25(23-10-9-20(3)21(4)18-23)27(32)31(28(26)33)24-8-6-7-19(2)17-24/h6-12,14-15,17-18H,5,13,16H2,1-4H3. The molecular weight excluding hydrogens is 410 g/mol. The summed E-state index contributed by atoms with van der Waals surface area (Å²) in [5.74, 6) is -0.540. The molecule has 0 saturated heterocycles. The molecule has 0 aliphatic carbocycles. The second-order valence-electron chi connectivity index (χ2n) is 8.49. The van der Waals surface area contributed by atoms with Gasteiger partial charge in [0.05, 0.1) is 11.3 Å². The highest BCUT2D eigenvalue weighted by molar-refractivity contribution is 6.45. The summed E-state index contributed by atoms with van der Waals surface area (Å²) in [5, 5.41) is 0. The van der Waals surface area contributed by atoms with Crippen LogP contribution in [0.15, 0.2) is 72.7 Å². The molecule has 0 saturated carbocycles. The van der Waals surface area contributed by atoms with Crippen molar-refractivity contribution in [1.82, 2.24) is 9.88 Å². The maximum atomic E-state index is 13.8. The fourth-order valence-corrected chi connectivity index (χ4v) is 4.21. The number of carbonyl (C=O) groups is 2. The Balaban J connectivity index is 1.79. The van der Waals surface area contributed by atoms with Crippen molar-refractivity contribution in [2.24, 2.45) is 0 Å². The van der Waals surface area contributed by atoms with Crippen LogP contribution in [0, 0.1) is 20.8 Å². The Morgan fingerprint density at radius 1 is 0.879 bits per heavy atom. The monoisotopic (exact) mass is 439 g/mol. The van der Waals surface area contributed by atoms with E-state index in [4.69, 9.17) is 0 Å². The highest BCUT2D eigenvalue weighted by atomic mass is 16.2. The summed E-state index contributed by atoms with van der Waals surface area (Å²) >= 11 is 0. The zero-order valence-electron chi connectivity index (χ0n) is 19.6. The number of pyridine rings is 1. The summed E-state index contributed by atoms with van der Waals surface area (Å²) in [6.45, 7) is 9.30. The first kappa shape index (κ1) is 22.5. The topological polar surface area (TPSA) is 53.5 Å². The minimum atomic E-state index is -0.272. The number of aryl methyl sites for hydroxylation is 3. The number of nitrogens with zero attached hydrogens (tertiary/aromatic N) is 3. The Morgan fingerprint density at radius 2 is 1.64 bits per heavy atom. The fraction of sp³-hybridized carbons (Fsp3) is 0.250. The van der Waals surface area contributed by atoms with E-state index in [9.17, 15) is 9.59 Å². The third-order valence-electron chi connectivity index (χ3n) is 6.23. The van der Waals surface area contributed by atoms with Crippen LogP contribution >= 0.6 is 0 Å². The molecule has 2 aromatic carbocycles. The van der Waals surface area contributed by atoms with Gasteiger partial charge in [-0.15, -0.1) is 0 Å². The number of benzene rings is 2. The van der Waals surface area contributed by atoms with Crippen molar-refractivity contribution < 1.29 is 9.59 Å². The van der Waals surface area contributed by atoms with Crippen LogP contribution in [0.1, 0.15) is 34.7 Å². The van der Waals surface area contributed by atoms with Crippen LogP contribution in [0.4, 0.5) is 5.69 Å². The van der Waals surface area contributed by atoms with Gasteiger partial charge in [-0.05, 0) is 86.2 Å². The molecule has 0 unspecified atom stereocenters. The first-order chi connectivity index (χ1) is 15.9. The molecule has 33 heavy (non-hydrogen) atoms. The molecule has 0 fully saturated rings. The molecule has 0 spiro atoms. The van der Waals surface area contributed by atoms with Crippen molar-refractivity contribution in [2.75, 3.05) is 18.0 Å². The van der Waals surface area contributed by atoms with E-state index in [0.29, 0.717) is 30.0 Å². The number of amides is 2. The average Bonchev–Trinajstić information content (AvgIpc) is 3.07. The number of likely N-dealkylation sites (N-methyl/N-ethyl adjacent to an activating group) is 1. The first-order valence-electron chi connectivity index (χ1n) is 11.3. The Bertz CT molecular complexity index is 1230. The molecule has 3 aromatic rings. The summed E-state index contributed by atoms with van der Waals surface area (Å²) < 4.78 is 0. The summed E-state index contributed by atoms with van der Waals surface area (Å²) in [6, 6.07) is 17.4. The van der Waals surface area contributed by atoms with Gasteiger partial charge < -0.3 is 4.90 Å². The smallest absolute Gasteiger partial charge is 0.282 e. The van der Waals surface area contributed by atoms with Gasteiger partial charge in [0, 0.05) is 25.5 Å². The zero-order chi connectivity index (χ0) is 23.5. The van der Waals surface area contributed by atoms with Crippen molar-refractivity contribution in [1.29, 1.82) is 0 Å². The maximum Gasteiger partial charge on any atom is 0.282 e. The lowest BCUT2D eigenvalue weighted by Crippen LogP contribution is -2.36. The van der Waals surface area contributed by atoms with Crippen LogP contribution in [-0.4, -0.2) is 34.8 Å². The molecule has 2 heterocycles. The van der Waals surface area contributed by atoms with Crippen LogP contribution in [0.5, 0.6) is 0 Å². The molecular formula is C28H29N3O2. The molecule has 0 atom stereocenters. The van der Waals surface area contributed by atoms with Gasteiger partial charge in [0.1, 0.15) is 5.70 Å². The van der Waals surface area contributed by atoms with Gasteiger partial charge in [0.2, 0.25) is 0 Å². The maximum absolute atomic E-state index is 13.8. The molecule has 0 N–H and O–H groups in total. The highest BCUT2D eigenvalue weighted by Gasteiger charge is 2.42. The SMILES string of the molecule is CCN(CCc1ccncc1)C1=C(c2ccc(C)c(C)c2)C(=O)N(c2cccc(C)c2)C1=O. The second-order valence-corrected chi connectivity index (χ2v) is 8.49. The molecule has 1 aliphatic heterocycles. The van der Waals surface area contributed by atoms with Gasteiger partial charge >= 0.3 is 0 Å². The van der Waals surface area contributed by atoms with Gasteiger partial charge in [0.15, 0.2) is 0 Å². The third-order valence-corrected chi connectivity index (χ3v) is 6.23. The van der Waals surface area contributed by atoms with Crippen molar-refractivity contribution >= 4 is 23.1 Å². The zero-order valence-corrected chi connectivity index (χ0v) is 19.6. The van der Waals surface area contributed by atoms with E-state index in [0.717, 1.165) is 34.2 Å². The summed E-state index contributed by atoms with van der Waals surface area (Å²) in [7, 11) is 0. The van der Waals surface area contributed by atoms with Crippen LogP contribution in [0.25, 0.3) is 5.57 Å². The van der Waals surface area contributed by atoms with E-state index in [1.807, 2.05) is 87.2 Å². The highest BCUT2D eigenvalue weighted by Crippen LogP contribution is 2.35. The Kier molecular flexibility index (Phi) is 6.40. The Morgan fingerprint density at radius 3 is 2.30 bits per heavy atom. The predicted octanol–water partition coefficient (Wildman–Crippen LogP) is 4.86. The number of hydrogen-bond donors (Lipinski definition) is 0. The van der Waals surface area contributed by atoms with Crippen molar-refractivity contribution in [2.45, 2.75) is 34.1 Å². The third kappa shape index (κ3) is 4.44.